The molecule has 0 spiro atoms. The fourth-order valence-electron chi connectivity index (χ4n) is 2.52. The van der Waals surface area contributed by atoms with Gasteiger partial charge in [-0.1, -0.05) is 0 Å². The molecule has 0 aliphatic rings. The van der Waals surface area contributed by atoms with Crippen LogP contribution in [0.5, 0.6) is 23.0 Å². The highest BCUT2D eigenvalue weighted by Gasteiger charge is 2.12. The largest absolute Gasteiger partial charge is 0.497 e. The fraction of sp³-hybridized carbons (Fsp3) is 0.300. The van der Waals surface area contributed by atoms with Gasteiger partial charge < -0.3 is 28.7 Å². The van der Waals surface area contributed by atoms with Crippen molar-refractivity contribution < 1.29 is 23.4 Å². The highest BCUT2D eigenvalue weighted by atomic mass is 16.5. The summed E-state index contributed by atoms with van der Waals surface area (Å²) < 4.78 is 27.0. The lowest BCUT2D eigenvalue weighted by Crippen LogP contribution is -2.20. The first-order chi connectivity index (χ1) is 13.7. The highest BCUT2D eigenvalue weighted by molar-refractivity contribution is 5.59. The van der Waals surface area contributed by atoms with Gasteiger partial charge >= 0.3 is 0 Å². The average molecular weight is 385 g/mol. The van der Waals surface area contributed by atoms with Crippen LogP contribution in [0.15, 0.2) is 46.9 Å². The monoisotopic (exact) mass is 385 g/mol. The van der Waals surface area contributed by atoms with Gasteiger partial charge in [0, 0.05) is 12.1 Å². The second-order valence-electron chi connectivity index (χ2n) is 5.77. The minimum atomic E-state index is 0.423. The zero-order valence-electron chi connectivity index (χ0n) is 16.1. The molecule has 1 aromatic heterocycles. The van der Waals surface area contributed by atoms with E-state index < -0.39 is 0 Å². The van der Waals surface area contributed by atoms with Crippen molar-refractivity contribution in [2.45, 2.75) is 6.54 Å². The van der Waals surface area contributed by atoms with Crippen LogP contribution in [0.3, 0.4) is 0 Å². The zero-order chi connectivity index (χ0) is 19.8. The predicted molar refractivity (Wildman–Crippen MR) is 103 cm³/mol. The lowest BCUT2D eigenvalue weighted by molar-refractivity contribution is 0.309. The number of nitrogens with one attached hydrogen (secondary N) is 1. The van der Waals surface area contributed by atoms with E-state index in [9.17, 15) is 0 Å². The maximum atomic E-state index is 5.70. The van der Waals surface area contributed by atoms with E-state index in [1.54, 1.807) is 33.5 Å². The van der Waals surface area contributed by atoms with E-state index in [2.05, 4.69) is 15.5 Å². The Morgan fingerprint density at radius 3 is 2.32 bits per heavy atom. The van der Waals surface area contributed by atoms with Gasteiger partial charge in [0.15, 0.2) is 11.5 Å². The van der Waals surface area contributed by atoms with E-state index in [-0.39, 0.29) is 0 Å². The quantitative estimate of drug-likeness (QED) is 0.533. The number of rotatable bonds is 10. The van der Waals surface area contributed by atoms with E-state index >= 15 is 0 Å². The van der Waals surface area contributed by atoms with Crippen molar-refractivity contribution in [3.63, 3.8) is 0 Å². The summed E-state index contributed by atoms with van der Waals surface area (Å²) in [6.45, 7) is 1.61. The number of methoxy groups -OCH3 is 3. The Bertz CT molecular complexity index is 880. The van der Waals surface area contributed by atoms with E-state index in [0.717, 1.165) is 17.1 Å². The van der Waals surface area contributed by atoms with Crippen molar-refractivity contribution in [3.8, 4) is 34.5 Å². The SMILES string of the molecule is COc1ccc(OCCNCc2nnc(-c3ccc(OC)c(OC)c3)o2)cc1. The molecule has 1 N–H and O–H groups in total. The summed E-state index contributed by atoms with van der Waals surface area (Å²) in [4.78, 5) is 0. The van der Waals surface area contributed by atoms with Crippen molar-refractivity contribution >= 4 is 0 Å². The van der Waals surface area contributed by atoms with Crippen LogP contribution in [0, 0.1) is 0 Å². The number of nitrogens with zero attached hydrogens (tertiary/aromatic N) is 2. The topological polar surface area (TPSA) is 87.9 Å². The normalized spacial score (nSPS) is 10.5. The van der Waals surface area contributed by atoms with Gasteiger partial charge in [-0.3, -0.25) is 0 Å². The number of hydrogen-bond donors (Lipinski definition) is 1. The summed E-state index contributed by atoms with van der Waals surface area (Å²) >= 11 is 0. The van der Waals surface area contributed by atoms with Gasteiger partial charge in [0.05, 0.1) is 27.9 Å². The molecule has 0 saturated carbocycles. The molecule has 3 aromatic rings. The van der Waals surface area contributed by atoms with Gasteiger partial charge in [-0.05, 0) is 42.5 Å². The van der Waals surface area contributed by atoms with Crippen molar-refractivity contribution in [3.05, 3.63) is 48.4 Å². The third kappa shape index (κ3) is 4.92. The van der Waals surface area contributed by atoms with E-state index in [0.29, 0.717) is 43.0 Å². The molecule has 148 valence electrons. The van der Waals surface area contributed by atoms with Crippen LogP contribution in [0.4, 0.5) is 0 Å². The highest BCUT2D eigenvalue weighted by Crippen LogP contribution is 2.31. The minimum absolute atomic E-state index is 0.423. The molecule has 2 aromatic carbocycles. The molecule has 0 fully saturated rings. The molecule has 8 nitrogen and oxygen atoms in total. The molecule has 0 unspecified atom stereocenters. The van der Waals surface area contributed by atoms with Crippen molar-refractivity contribution in [2.75, 3.05) is 34.5 Å². The second-order valence-corrected chi connectivity index (χ2v) is 5.77. The number of benzene rings is 2. The maximum Gasteiger partial charge on any atom is 0.247 e. The van der Waals surface area contributed by atoms with Crippen LogP contribution in [0.1, 0.15) is 5.89 Å². The van der Waals surface area contributed by atoms with Gasteiger partial charge in [0.2, 0.25) is 11.8 Å². The molecule has 0 atom stereocenters. The Balaban J connectivity index is 1.47. The van der Waals surface area contributed by atoms with Crippen LogP contribution >= 0.6 is 0 Å². The summed E-state index contributed by atoms with van der Waals surface area (Å²) in [6, 6.07) is 12.9. The van der Waals surface area contributed by atoms with Crippen molar-refractivity contribution in [1.29, 1.82) is 0 Å². The third-order valence-electron chi connectivity index (χ3n) is 3.98. The summed E-state index contributed by atoms with van der Waals surface area (Å²) in [5, 5.41) is 11.4. The standard InChI is InChI=1S/C20H23N3O5/c1-24-15-5-7-16(8-6-15)27-11-10-21-13-19-22-23-20(28-19)14-4-9-17(25-2)18(12-14)26-3/h4-9,12,21H,10-11,13H2,1-3H3. The van der Waals surface area contributed by atoms with Crippen molar-refractivity contribution in [1.82, 2.24) is 15.5 Å². The predicted octanol–water partition coefficient (Wildman–Crippen LogP) is 2.93. The van der Waals surface area contributed by atoms with Crippen molar-refractivity contribution in [2.24, 2.45) is 0 Å². The minimum Gasteiger partial charge on any atom is -0.497 e. The molecule has 0 aliphatic carbocycles. The Morgan fingerprint density at radius 1 is 0.857 bits per heavy atom. The molecule has 28 heavy (non-hydrogen) atoms. The van der Waals surface area contributed by atoms with Crippen LogP contribution in [-0.2, 0) is 6.54 Å². The molecule has 3 rings (SSSR count). The Kier molecular flexibility index (Phi) is 6.69. The van der Waals surface area contributed by atoms with Crippen LogP contribution < -0.4 is 24.3 Å². The molecule has 0 amide bonds. The molecule has 8 heteroatoms. The zero-order valence-corrected chi connectivity index (χ0v) is 16.1. The van der Waals surface area contributed by atoms with Crippen LogP contribution in [-0.4, -0.2) is 44.7 Å². The first kappa shape index (κ1) is 19.5. The molecular weight excluding hydrogens is 362 g/mol. The first-order valence-electron chi connectivity index (χ1n) is 8.76. The lowest BCUT2D eigenvalue weighted by Gasteiger charge is -2.07. The first-order valence-corrected chi connectivity index (χ1v) is 8.76. The van der Waals surface area contributed by atoms with Gasteiger partial charge in [-0.2, -0.15) is 0 Å². The van der Waals surface area contributed by atoms with E-state index in [1.165, 1.54) is 0 Å². The summed E-state index contributed by atoms with van der Waals surface area (Å²) in [5.41, 5.74) is 0.763. The van der Waals surface area contributed by atoms with Gasteiger partial charge in [-0.25, -0.2) is 0 Å². The maximum absolute atomic E-state index is 5.70. The summed E-state index contributed by atoms with van der Waals surface area (Å²) in [7, 11) is 4.80. The number of hydrogen-bond acceptors (Lipinski definition) is 8. The fourth-order valence-corrected chi connectivity index (χ4v) is 2.52. The summed E-state index contributed by atoms with van der Waals surface area (Å²) in [6.07, 6.45) is 0. The number of aromatic nitrogens is 2. The van der Waals surface area contributed by atoms with Gasteiger partial charge in [-0.15, -0.1) is 10.2 Å². The summed E-state index contributed by atoms with van der Waals surface area (Å²) in [5.74, 6) is 3.75. The van der Waals surface area contributed by atoms with Crippen LogP contribution in [0.25, 0.3) is 11.5 Å². The Labute approximate surface area is 163 Å². The molecule has 0 aliphatic heterocycles. The van der Waals surface area contributed by atoms with Crippen LogP contribution in [0.2, 0.25) is 0 Å². The van der Waals surface area contributed by atoms with Gasteiger partial charge in [0.1, 0.15) is 18.1 Å². The molecule has 1 heterocycles. The third-order valence-corrected chi connectivity index (χ3v) is 3.98. The molecule has 0 radical (unpaired) electrons. The average Bonchev–Trinajstić information content (AvgIpc) is 3.22. The molecule has 0 saturated heterocycles. The number of ether oxygens (including phenoxy) is 4. The smallest absolute Gasteiger partial charge is 0.247 e. The van der Waals surface area contributed by atoms with E-state index in [4.69, 9.17) is 23.4 Å². The van der Waals surface area contributed by atoms with Gasteiger partial charge in [0.25, 0.3) is 0 Å². The molecule has 0 bridgehead atoms. The Morgan fingerprint density at radius 2 is 1.61 bits per heavy atom. The molecular formula is C20H23N3O5. The lowest BCUT2D eigenvalue weighted by atomic mass is 10.2. The van der Waals surface area contributed by atoms with E-state index in [1.807, 2.05) is 30.3 Å². The second kappa shape index (κ2) is 9.61. The Hall–Kier alpha value is -3.26.